The van der Waals surface area contributed by atoms with Crippen LogP contribution in [-0.4, -0.2) is 48.7 Å². The Morgan fingerprint density at radius 2 is 1.87 bits per heavy atom. The fourth-order valence-electron chi connectivity index (χ4n) is 2.98. The van der Waals surface area contributed by atoms with Crippen molar-refractivity contribution in [3.63, 3.8) is 0 Å². The van der Waals surface area contributed by atoms with E-state index in [-0.39, 0.29) is 17.2 Å². The topological polar surface area (TPSA) is 90.6 Å². The van der Waals surface area contributed by atoms with Crippen LogP contribution in [0.2, 0.25) is 5.02 Å². The van der Waals surface area contributed by atoms with Gasteiger partial charge in [0.2, 0.25) is 5.95 Å². The van der Waals surface area contributed by atoms with Gasteiger partial charge in [-0.2, -0.15) is 0 Å². The van der Waals surface area contributed by atoms with Crippen molar-refractivity contribution in [3.05, 3.63) is 47.3 Å². The SMILES string of the molecule is COC[C@H](C)n1c(NSC(C)C(C)c2ncc(Cl)cn2)nnc1-c1cncc(C)c1. The van der Waals surface area contributed by atoms with E-state index in [9.17, 15) is 0 Å². The number of hydrogen-bond acceptors (Lipinski definition) is 8. The normalized spacial score (nSPS) is 14.3. The molecule has 10 heteroatoms. The van der Waals surface area contributed by atoms with E-state index in [2.05, 4.69) is 50.6 Å². The Kier molecular flexibility index (Phi) is 7.63. The van der Waals surface area contributed by atoms with Crippen LogP contribution in [0.3, 0.4) is 0 Å². The van der Waals surface area contributed by atoms with E-state index >= 15 is 0 Å². The van der Waals surface area contributed by atoms with Gasteiger partial charge in [0, 0.05) is 48.6 Å². The Hall–Kier alpha value is -2.23. The zero-order chi connectivity index (χ0) is 21.7. The minimum Gasteiger partial charge on any atom is -0.383 e. The van der Waals surface area contributed by atoms with Crippen LogP contribution in [-0.2, 0) is 4.74 Å². The lowest BCUT2D eigenvalue weighted by Gasteiger charge is -2.21. The molecule has 8 nitrogen and oxygen atoms in total. The van der Waals surface area contributed by atoms with Crippen LogP contribution < -0.4 is 4.72 Å². The summed E-state index contributed by atoms with van der Waals surface area (Å²) in [5, 5.41) is 9.52. The van der Waals surface area contributed by atoms with E-state index in [4.69, 9.17) is 16.3 Å². The highest BCUT2D eigenvalue weighted by atomic mass is 35.5. The van der Waals surface area contributed by atoms with Gasteiger partial charge >= 0.3 is 0 Å². The summed E-state index contributed by atoms with van der Waals surface area (Å²) in [4.78, 5) is 13.0. The summed E-state index contributed by atoms with van der Waals surface area (Å²) < 4.78 is 10.8. The summed E-state index contributed by atoms with van der Waals surface area (Å²) in [5.74, 6) is 2.28. The number of methoxy groups -OCH3 is 1. The van der Waals surface area contributed by atoms with Gasteiger partial charge < -0.3 is 4.74 Å². The number of halogens is 1. The van der Waals surface area contributed by atoms with Gasteiger partial charge in [-0.3, -0.25) is 14.3 Å². The van der Waals surface area contributed by atoms with Crippen LogP contribution in [0.25, 0.3) is 11.4 Å². The molecule has 0 amide bonds. The van der Waals surface area contributed by atoms with E-state index in [0.717, 1.165) is 22.8 Å². The monoisotopic (exact) mass is 447 g/mol. The third-order valence-corrected chi connectivity index (χ3v) is 6.04. The minimum atomic E-state index is 0.0379. The van der Waals surface area contributed by atoms with Gasteiger partial charge in [-0.1, -0.05) is 25.4 Å². The second-order valence-corrected chi connectivity index (χ2v) is 8.87. The molecule has 0 saturated heterocycles. The smallest absolute Gasteiger partial charge is 0.235 e. The molecule has 0 aliphatic heterocycles. The van der Waals surface area contributed by atoms with Crippen molar-refractivity contribution in [1.82, 2.24) is 29.7 Å². The predicted octanol–water partition coefficient (Wildman–Crippen LogP) is 4.55. The first-order valence-electron chi connectivity index (χ1n) is 9.65. The Morgan fingerprint density at radius 1 is 1.13 bits per heavy atom. The first-order chi connectivity index (χ1) is 14.4. The van der Waals surface area contributed by atoms with Crippen LogP contribution in [0.15, 0.2) is 30.9 Å². The minimum absolute atomic E-state index is 0.0379. The quantitative estimate of drug-likeness (QED) is 0.477. The van der Waals surface area contributed by atoms with Crippen LogP contribution >= 0.6 is 23.5 Å². The molecule has 0 radical (unpaired) electrons. The zero-order valence-corrected chi connectivity index (χ0v) is 19.3. The van der Waals surface area contributed by atoms with Crippen molar-refractivity contribution in [2.75, 3.05) is 18.4 Å². The van der Waals surface area contributed by atoms with E-state index in [0.29, 0.717) is 17.6 Å². The number of pyridine rings is 1. The molecule has 0 saturated carbocycles. The molecule has 0 bridgehead atoms. The van der Waals surface area contributed by atoms with Crippen molar-refractivity contribution >= 4 is 29.5 Å². The molecule has 30 heavy (non-hydrogen) atoms. The third kappa shape index (κ3) is 5.27. The molecule has 3 aromatic heterocycles. The number of rotatable bonds is 9. The van der Waals surface area contributed by atoms with Crippen molar-refractivity contribution in [1.29, 1.82) is 0 Å². The first kappa shape index (κ1) is 22.5. The summed E-state index contributed by atoms with van der Waals surface area (Å²) in [6.07, 6.45) is 6.86. The lowest BCUT2D eigenvalue weighted by Crippen LogP contribution is -2.17. The van der Waals surface area contributed by atoms with Gasteiger partial charge in [-0.15, -0.1) is 10.2 Å². The van der Waals surface area contributed by atoms with Gasteiger partial charge in [0.25, 0.3) is 0 Å². The lowest BCUT2D eigenvalue weighted by molar-refractivity contribution is 0.163. The molecular formula is C20H26ClN7OS. The number of aromatic nitrogens is 6. The number of hydrogen-bond donors (Lipinski definition) is 1. The Balaban J connectivity index is 1.80. The Labute approximate surface area is 186 Å². The molecule has 2 unspecified atom stereocenters. The summed E-state index contributed by atoms with van der Waals surface area (Å²) >= 11 is 7.45. The highest BCUT2D eigenvalue weighted by molar-refractivity contribution is 8.01. The molecular weight excluding hydrogens is 422 g/mol. The van der Waals surface area contributed by atoms with E-state index in [1.165, 1.54) is 0 Å². The number of ether oxygens (including phenoxy) is 1. The molecule has 3 atom stereocenters. The molecule has 160 valence electrons. The fraction of sp³-hybridized carbons (Fsp3) is 0.450. The van der Waals surface area contributed by atoms with Gasteiger partial charge in [0.05, 0.1) is 17.7 Å². The second-order valence-electron chi connectivity index (χ2n) is 7.25. The average Bonchev–Trinajstić information content (AvgIpc) is 3.16. The summed E-state index contributed by atoms with van der Waals surface area (Å²) in [6, 6.07) is 2.09. The number of nitrogens with zero attached hydrogens (tertiary/aromatic N) is 6. The number of anilines is 1. The first-order valence-corrected chi connectivity index (χ1v) is 10.9. The summed E-state index contributed by atoms with van der Waals surface area (Å²) in [5.41, 5.74) is 1.98. The van der Waals surface area contributed by atoms with E-state index < -0.39 is 0 Å². The van der Waals surface area contributed by atoms with Crippen molar-refractivity contribution in [3.8, 4) is 11.4 Å². The predicted molar refractivity (Wildman–Crippen MR) is 121 cm³/mol. The maximum atomic E-state index is 5.90. The van der Waals surface area contributed by atoms with Gasteiger partial charge in [0.15, 0.2) is 5.82 Å². The van der Waals surface area contributed by atoms with Crippen LogP contribution in [0.1, 0.15) is 44.1 Å². The Bertz CT molecular complexity index is 966. The maximum absolute atomic E-state index is 5.90. The largest absolute Gasteiger partial charge is 0.383 e. The molecule has 0 aliphatic rings. The molecule has 3 heterocycles. The Morgan fingerprint density at radius 3 is 2.53 bits per heavy atom. The number of aryl methyl sites for hydroxylation is 1. The molecule has 1 N–H and O–H groups in total. The second kappa shape index (κ2) is 10.2. The molecule has 0 spiro atoms. The maximum Gasteiger partial charge on any atom is 0.235 e. The number of nitrogens with one attached hydrogen (secondary N) is 1. The van der Waals surface area contributed by atoms with Crippen molar-refractivity contribution < 1.29 is 4.74 Å². The van der Waals surface area contributed by atoms with E-state index in [1.807, 2.05) is 23.8 Å². The van der Waals surface area contributed by atoms with E-state index in [1.54, 1.807) is 37.6 Å². The van der Waals surface area contributed by atoms with Crippen molar-refractivity contribution in [2.45, 2.75) is 44.9 Å². The molecule has 0 aliphatic carbocycles. The highest BCUT2D eigenvalue weighted by Crippen LogP contribution is 2.30. The van der Waals surface area contributed by atoms with Crippen molar-refractivity contribution in [2.24, 2.45) is 0 Å². The molecule has 3 aromatic rings. The zero-order valence-electron chi connectivity index (χ0n) is 17.7. The van der Waals surface area contributed by atoms with Gasteiger partial charge in [0.1, 0.15) is 5.82 Å². The summed E-state index contributed by atoms with van der Waals surface area (Å²) in [7, 11) is 1.69. The molecule has 0 aromatic carbocycles. The molecule has 3 rings (SSSR count). The molecule has 0 fully saturated rings. The highest BCUT2D eigenvalue weighted by Gasteiger charge is 2.22. The summed E-state index contributed by atoms with van der Waals surface area (Å²) in [6.45, 7) is 8.82. The third-order valence-electron chi connectivity index (χ3n) is 4.77. The van der Waals surface area contributed by atoms with Gasteiger partial charge in [-0.25, -0.2) is 9.97 Å². The van der Waals surface area contributed by atoms with Crippen LogP contribution in [0.5, 0.6) is 0 Å². The average molecular weight is 448 g/mol. The van der Waals surface area contributed by atoms with Crippen LogP contribution in [0, 0.1) is 6.92 Å². The standard InChI is InChI=1S/C20H26ClN7OS/c1-12-6-16(8-22-7-12)19-25-26-20(28(19)13(2)11-29-5)27-30-15(4)14(3)18-23-9-17(21)10-24-18/h6-10,13-15H,11H2,1-5H3,(H,26,27)/t13-,14?,15?/m0/s1. The fourth-order valence-corrected chi connectivity index (χ4v) is 3.84. The lowest BCUT2D eigenvalue weighted by atomic mass is 10.1. The van der Waals surface area contributed by atoms with Crippen LogP contribution in [0.4, 0.5) is 5.95 Å². The van der Waals surface area contributed by atoms with Gasteiger partial charge in [-0.05, 0) is 37.4 Å².